The molecule has 36 heavy (non-hydrogen) atoms. The Hall–Kier alpha value is -3.12. The van der Waals surface area contributed by atoms with Crippen molar-refractivity contribution >= 4 is 10.9 Å². The molecule has 7 rings (SSSR count). The first kappa shape index (κ1) is 22.1. The summed E-state index contributed by atoms with van der Waals surface area (Å²) in [5.41, 5.74) is 7.00. The Morgan fingerprint density at radius 2 is 1.92 bits per heavy atom. The molecule has 0 N–H and O–H groups in total. The minimum Gasteiger partial charge on any atom is -0.454 e. The van der Waals surface area contributed by atoms with Crippen molar-refractivity contribution in [2.75, 3.05) is 6.79 Å². The number of aromatic nitrogens is 2. The third-order valence-corrected chi connectivity index (χ3v) is 8.47. The molecule has 0 unspecified atom stereocenters. The van der Waals surface area contributed by atoms with Gasteiger partial charge in [0.15, 0.2) is 11.5 Å². The number of rotatable bonds is 3. The molecule has 0 saturated heterocycles. The lowest BCUT2D eigenvalue weighted by atomic mass is 9.76. The Labute approximate surface area is 210 Å². The number of benzene rings is 1. The van der Waals surface area contributed by atoms with Crippen molar-refractivity contribution in [1.82, 2.24) is 9.55 Å². The summed E-state index contributed by atoms with van der Waals surface area (Å²) in [6.45, 7) is 13.5. The molecule has 1 aromatic carbocycles. The average Bonchev–Trinajstić information content (AvgIpc) is 3.46. The molecule has 186 valence electrons. The summed E-state index contributed by atoms with van der Waals surface area (Å²) in [7, 11) is 0. The fourth-order valence-electron chi connectivity index (χ4n) is 6.69. The molecular weight excluding hydrogens is 452 g/mol. The minimum absolute atomic E-state index is 0.0623. The van der Waals surface area contributed by atoms with E-state index in [0.29, 0.717) is 18.9 Å². The zero-order valence-corrected chi connectivity index (χ0v) is 21.5. The maximum atomic E-state index is 14.0. The molecule has 4 heterocycles. The van der Waals surface area contributed by atoms with Crippen LogP contribution in [0.3, 0.4) is 0 Å². The van der Waals surface area contributed by atoms with Gasteiger partial charge in [-0.15, -0.1) is 0 Å². The van der Waals surface area contributed by atoms with Gasteiger partial charge in [-0.05, 0) is 74.8 Å². The van der Waals surface area contributed by atoms with Gasteiger partial charge in [0, 0.05) is 29.0 Å². The normalized spacial score (nSPS) is 22.1. The Morgan fingerprint density at radius 1 is 1.17 bits per heavy atom. The number of nitrogens with zero attached hydrogens (tertiary/aromatic N) is 2. The van der Waals surface area contributed by atoms with Crippen LogP contribution in [0, 0.1) is 0 Å². The number of hydrogen-bond acceptors (Lipinski definition) is 5. The van der Waals surface area contributed by atoms with Crippen LogP contribution >= 0.6 is 0 Å². The van der Waals surface area contributed by atoms with Crippen molar-refractivity contribution in [3.8, 4) is 22.9 Å². The summed E-state index contributed by atoms with van der Waals surface area (Å²) in [4.78, 5) is 19.1. The van der Waals surface area contributed by atoms with Gasteiger partial charge < -0.3 is 18.8 Å². The largest absolute Gasteiger partial charge is 0.454 e. The van der Waals surface area contributed by atoms with Crippen LogP contribution in [0.4, 0.5) is 0 Å². The van der Waals surface area contributed by atoms with Gasteiger partial charge in [0.1, 0.15) is 5.60 Å². The Kier molecular flexibility index (Phi) is 4.43. The molecule has 2 aliphatic carbocycles. The second-order valence-corrected chi connectivity index (χ2v) is 11.7. The summed E-state index contributed by atoms with van der Waals surface area (Å²) < 4.78 is 20.0. The molecule has 1 fully saturated rings. The third kappa shape index (κ3) is 2.88. The van der Waals surface area contributed by atoms with Crippen molar-refractivity contribution < 1.29 is 14.2 Å². The predicted octanol–water partition coefficient (Wildman–Crippen LogP) is 5.95. The third-order valence-electron chi connectivity index (χ3n) is 8.47. The topological polar surface area (TPSA) is 62.6 Å². The lowest BCUT2D eigenvalue weighted by Crippen LogP contribution is -2.37. The molecule has 6 nitrogen and oxygen atoms in total. The summed E-state index contributed by atoms with van der Waals surface area (Å²) in [5, 5.41) is 1.13. The van der Waals surface area contributed by atoms with E-state index in [2.05, 4.69) is 46.4 Å². The highest BCUT2D eigenvalue weighted by atomic mass is 16.7. The van der Waals surface area contributed by atoms with Crippen LogP contribution in [0.1, 0.15) is 81.5 Å². The molecule has 2 aliphatic heterocycles. The summed E-state index contributed by atoms with van der Waals surface area (Å²) >= 11 is 0. The quantitative estimate of drug-likeness (QED) is 0.336. The van der Waals surface area contributed by atoms with E-state index in [1.807, 2.05) is 10.6 Å². The van der Waals surface area contributed by atoms with Crippen LogP contribution < -0.4 is 15.0 Å². The van der Waals surface area contributed by atoms with Crippen LogP contribution in [0.2, 0.25) is 0 Å². The first-order valence-corrected chi connectivity index (χ1v) is 13.1. The predicted molar refractivity (Wildman–Crippen MR) is 139 cm³/mol. The fourth-order valence-corrected chi connectivity index (χ4v) is 6.69. The zero-order valence-electron chi connectivity index (χ0n) is 21.5. The molecule has 1 saturated carbocycles. The summed E-state index contributed by atoms with van der Waals surface area (Å²) in [6.07, 6.45) is 4.86. The van der Waals surface area contributed by atoms with Crippen molar-refractivity contribution in [3.05, 3.63) is 63.0 Å². The first-order valence-electron chi connectivity index (χ1n) is 13.1. The fraction of sp³-hybridized carbons (Fsp3) is 0.467. The van der Waals surface area contributed by atoms with Crippen LogP contribution in [0.5, 0.6) is 11.5 Å². The molecule has 0 radical (unpaired) electrons. The Balaban J connectivity index is 1.49. The SMILES string of the molecule is C=C1Cc2c(cc3n(c2=O)Cc2c-3nc3cc4c(cc3c2C2CCC2)OCO4)[C@]1(CC)OC(C)(C)C. The smallest absolute Gasteiger partial charge is 0.255 e. The van der Waals surface area contributed by atoms with Crippen LogP contribution in [-0.4, -0.2) is 21.9 Å². The maximum absolute atomic E-state index is 14.0. The van der Waals surface area contributed by atoms with Gasteiger partial charge in [-0.1, -0.05) is 19.9 Å². The zero-order chi connectivity index (χ0) is 25.0. The molecule has 3 aromatic rings. The van der Waals surface area contributed by atoms with E-state index < -0.39 is 5.60 Å². The molecule has 2 aromatic heterocycles. The second-order valence-electron chi connectivity index (χ2n) is 11.7. The van der Waals surface area contributed by atoms with E-state index in [0.717, 1.165) is 56.9 Å². The number of pyridine rings is 2. The summed E-state index contributed by atoms with van der Waals surface area (Å²) in [5.74, 6) is 2.00. The Morgan fingerprint density at radius 3 is 2.58 bits per heavy atom. The number of fused-ring (bicyclic) bond motifs is 6. The van der Waals surface area contributed by atoms with E-state index in [1.54, 1.807) is 0 Å². The van der Waals surface area contributed by atoms with Gasteiger partial charge in [0.25, 0.3) is 5.56 Å². The molecular formula is C30H32N2O4. The summed E-state index contributed by atoms with van der Waals surface area (Å²) in [6, 6.07) is 6.26. The molecule has 6 heteroatoms. The van der Waals surface area contributed by atoms with Gasteiger partial charge in [-0.2, -0.15) is 0 Å². The van der Waals surface area contributed by atoms with E-state index in [4.69, 9.17) is 19.2 Å². The van der Waals surface area contributed by atoms with E-state index >= 15 is 0 Å². The molecule has 4 aliphatic rings. The van der Waals surface area contributed by atoms with E-state index in [-0.39, 0.29) is 18.0 Å². The van der Waals surface area contributed by atoms with Crippen LogP contribution in [-0.2, 0) is 23.3 Å². The van der Waals surface area contributed by atoms with Gasteiger partial charge in [0.2, 0.25) is 6.79 Å². The van der Waals surface area contributed by atoms with E-state index in [9.17, 15) is 4.79 Å². The van der Waals surface area contributed by atoms with Crippen molar-refractivity contribution in [2.24, 2.45) is 0 Å². The van der Waals surface area contributed by atoms with Crippen molar-refractivity contribution in [1.29, 1.82) is 0 Å². The van der Waals surface area contributed by atoms with Gasteiger partial charge >= 0.3 is 0 Å². The molecule has 0 amide bonds. The monoisotopic (exact) mass is 484 g/mol. The van der Waals surface area contributed by atoms with Crippen molar-refractivity contribution in [2.45, 2.75) is 83.5 Å². The molecule has 0 bridgehead atoms. The molecule has 1 atom stereocenters. The number of hydrogen-bond donors (Lipinski definition) is 0. The minimum atomic E-state index is -0.662. The Bertz CT molecular complexity index is 1540. The maximum Gasteiger partial charge on any atom is 0.255 e. The molecule has 0 spiro atoms. The van der Waals surface area contributed by atoms with Crippen LogP contribution in [0.15, 0.2) is 35.1 Å². The van der Waals surface area contributed by atoms with Gasteiger partial charge in [-0.25, -0.2) is 4.98 Å². The highest BCUT2D eigenvalue weighted by molar-refractivity contribution is 5.91. The van der Waals surface area contributed by atoms with Gasteiger partial charge in [-0.3, -0.25) is 4.79 Å². The number of ether oxygens (including phenoxy) is 3. The first-order chi connectivity index (χ1) is 17.2. The highest BCUT2D eigenvalue weighted by Gasteiger charge is 2.47. The standard InChI is InChI=1S/C30H32N2O4/c1-6-30(36-29(3,4)5)16(2)10-18-21(30)12-23-27-20(14-32(23)28(18)33)26(17-8-7-9-17)19-11-24-25(35-15-34-24)13-22(19)31-27/h11-13,17H,2,6-10,14-15H2,1,3-5H3/t30-/m1/s1. The highest BCUT2D eigenvalue weighted by Crippen LogP contribution is 2.51. The van der Waals surface area contributed by atoms with Crippen LogP contribution in [0.25, 0.3) is 22.3 Å². The average molecular weight is 485 g/mol. The lowest BCUT2D eigenvalue weighted by molar-refractivity contribution is -0.115. The van der Waals surface area contributed by atoms with Crippen molar-refractivity contribution in [3.63, 3.8) is 0 Å². The van der Waals surface area contributed by atoms with E-state index in [1.165, 1.54) is 30.4 Å². The second kappa shape index (κ2) is 7.22. The lowest BCUT2D eigenvalue weighted by Gasteiger charge is -2.38. The van der Waals surface area contributed by atoms with Gasteiger partial charge in [0.05, 0.1) is 29.1 Å².